The zero-order chi connectivity index (χ0) is 24.4. The Morgan fingerprint density at radius 2 is 1.03 bits per heavy atom. The number of halogens is 1. The zero-order valence-corrected chi connectivity index (χ0v) is 21.9. The fourth-order valence-corrected chi connectivity index (χ4v) is 5.02. The average Bonchev–Trinajstić information content (AvgIpc) is 2.87. The summed E-state index contributed by atoms with van der Waals surface area (Å²) in [7, 11) is 0. The standard InChI is InChI=1S/C31H25IN2/c1-19-20(2)29(15-13-27(19)17-33)25-9-5-23(6-10-25)21(3)24-7-11-26(12-8-24)30-16-14-28(18-34)31(32)22(30)4/h5-16,21H,1-4H3. The summed E-state index contributed by atoms with van der Waals surface area (Å²) in [6.07, 6.45) is 0. The fourth-order valence-electron chi connectivity index (χ4n) is 4.43. The Balaban J connectivity index is 1.58. The molecule has 4 rings (SSSR count). The van der Waals surface area contributed by atoms with Crippen molar-refractivity contribution in [3.05, 3.63) is 115 Å². The predicted octanol–water partition coefficient (Wildman–Crippen LogP) is 8.45. The van der Waals surface area contributed by atoms with Gasteiger partial charge in [-0.25, -0.2) is 0 Å². The Kier molecular flexibility index (Phi) is 6.87. The Bertz CT molecular complexity index is 1340. The molecular weight excluding hydrogens is 527 g/mol. The monoisotopic (exact) mass is 552 g/mol. The maximum absolute atomic E-state index is 9.28. The number of hydrogen-bond acceptors (Lipinski definition) is 2. The van der Waals surface area contributed by atoms with Crippen molar-refractivity contribution in [1.29, 1.82) is 10.5 Å². The van der Waals surface area contributed by atoms with E-state index in [1.54, 1.807) is 0 Å². The average molecular weight is 552 g/mol. The van der Waals surface area contributed by atoms with Gasteiger partial charge in [0.15, 0.2) is 0 Å². The summed E-state index contributed by atoms with van der Waals surface area (Å²) < 4.78 is 1.02. The molecule has 0 aromatic heterocycles. The summed E-state index contributed by atoms with van der Waals surface area (Å²) >= 11 is 2.26. The van der Waals surface area contributed by atoms with Gasteiger partial charge < -0.3 is 0 Å². The summed E-state index contributed by atoms with van der Waals surface area (Å²) in [5.41, 5.74) is 12.0. The van der Waals surface area contributed by atoms with Gasteiger partial charge in [0.1, 0.15) is 6.07 Å². The second kappa shape index (κ2) is 9.84. The third kappa shape index (κ3) is 4.37. The molecule has 0 spiro atoms. The molecule has 4 aromatic rings. The second-order valence-electron chi connectivity index (χ2n) is 8.70. The van der Waals surface area contributed by atoms with Gasteiger partial charge in [0, 0.05) is 9.49 Å². The molecule has 1 unspecified atom stereocenters. The van der Waals surface area contributed by atoms with E-state index in [0.717, 1.165) is 37.0 Å². The van der Waals surface area contributed by atoms with Crippen LogP contribution in [0.15, 0.2) is 72.8 Å². The highest BCUT2D eigenvalue weighted by atomic mass is 127. The number of hydrogen-bond donors (Lipinski definition) is 0. The van der Waals surface area contributed by atoms with E-state index in [1.807, 2.05) is 31.2 Å². The van der Waals surface area contributed by atoms with E-state index in [1.165, 1.54) is 27.8 Å². The number of rotatable bonds is 4. The van der Waals surface area contributed by atoms with Crippen LogP contribution in [0.4, 0.5) is 0 Å². The van der Waals surface area contributed by atoms with Gasteiger partial charge in [0.2, 0.25) is 0 Å². The summed E-state index contributed by atoms with van der Waals surface area (Å²) in [4.78, 5) is 0. The Morgan fingerprint density at radius 3 is 1.50 bits per heavy atom. The van der Waals surface area contributed by atoms with Gasteiger partial charge in [0.25, 0.3) is 0 Å². The molecule has 1 atom stereocenters. The predicted molar refractivity (Wildman–Crippen MR) is 148 cm³/mol. The minimum absolute atomic E-state index is 0.272. The van der Waals surface area contributed by atoms with Gasteiger partial charge in [-0.15, -0.1) is 0 Å². The van der Waals surface area contributed by atoms with Crippen LogP contribution in [0.2, 0.25) is 0 Å². The molecule has 4 aromatic carbocycles. The number of nitrogens with zero attached hydrogens (tertiary/aromatic N) is 2. The van der Waals surface area contributed by atoms with Crippen LogP contribution in [0.1, 0.15) is 51.8 Å². The van der Waals surface area contributed by atoms with E-state index < -0.39 is 0 Å². The van der Waals surface area contributed by atoms with Gasteiger partial charge in [-0.2, -0.15) is 10.5 Å². The van der Waals surface area contributed by atoms with Crippen molar-refractivity contribution in [1.82, 2.24) is 0 Å². The highest BCUT2D eigenvalue weighted by Crippen LogP contribution is 2.33. The van der Waals surface area contributed by atoms with Gasteiger partial charge in [0.05, 0.1) is 17.2 Å². The maximum atomic E-state index is 9.28. The molecule has 0 N–H and O–H groups in total. The van der Waals surface area contributed by atoms with E-state index in [-0.39, 0.29) is 5.92 Å². The van der Waals surface area contributed by atoms with Crippen LogP contribution in [0.25, 0.3) is 22.3 Å². The van der Waals surface area contributed by atoms with E-state index in [0.29, 0.717) is 0 Å². The normalized spacial score (nSPS) is 11.5. The van der Waals surface area contributed by atoms with Crippen LogP contribution >= 0.6 is 22.6 Å². The Hall–Kier alpha value is -3.41. The molecule has 0 aliphatic carbocycles. The molecule has 2 nitrogen and oxygen atoms in total. The molecule has 166 valence electrons. The first-order chi connectivity index (χ1) is 16.3. The lowest BCUT2D eigenvalue weighted by Gasteiger charge is -2.16. The summed E-state index contributed by atoms with van der Waals surface area (Å²) in [6, 6.07) is 29.9. The van der Waals surface area contributed by atoms with E-state index in [4.69, 9.17) is 0 Å². The molecule has 0 aliphatic rings. The van der Waals surface area contributed by atoms with E-state index in [9.17, 15) is 10.5 Å². The third-order valence-electron chi connectivity index (χ3n) is 6.86. The highest BCUT2D eigenvalue weighted by molar-refractivity contribution is 14.1. The van der Waals surface area contributed by atoms with Crippen LogP contribution < -0.4 is 0 Å². The van der Waals surface area contributed by atoms with Crippen LogP contribution in [0, 0.1) is 47.0 Å². The maximum Gasteiger partial charge on any atom is 0.100 e. The molecule has 0 saturated carbocycles. The number of nitriles is 2. The van der Waals surface area contributed by atoms with Gasteiger partial charge in [-0.3, -0.25) is 0 Å². The van der Waals surface area contributed by atoms with E-state index >= 15 is 0 Å². The Labute approximate surface area is 215 Å². The minimum Gasteiger partial charge on any atom is -0.192 e. The lowest BCUT2D eigenvalue weighted by molar-refractivity contribution is 0.923. The zero-order valence-electron chi connectivity index (χ0n) is 19.8. The van der Waals surface area contributed by atoms with Gasteiger partial charge in [-0.1, -0.05) is 67.6 Å². The molecule has 3 heteroatoms. The van der Waals surface area contributed by atoms with Crippen molar-refractivity contribution in [2.75, 3.05) is 0 Å². The van der Waals surface area contributed by atoms with Crippen LogP contribution in [-0.2, 0) is 0 Å². The first kappa shape index (κ1) is 23.7. The lowest BCUT2D eigenvalue weighted by atomic mass is 9.89. The molecule has 34 heavy (non-hydrogen) atoms. The quantitative estimate of drug-likeness (QED) is 0.239. The first-order valence-corrected chi connectivity index (χ1v) is 12.3. The van der Waals surface area contributed by atoms with Crippen molar-refractivity contribution in [2.24, 2.45) is 0 Å². The molecule has 0 heterocycles. The Morgan fingerprint density at radius 1 is 0.588 bits per heavy atom. The van der Waals surface area contributed by atoms with Crippen LogP contribution in [-0.4, -0.2) is 0 Å². The molecule has 0 radical (unpaired) electrons. The topological polar surface area (TPSA) is 47.6 Å². The number of benzene rings is 4. The van der Waals surface area contributed by atoms with Crippen LogP contribution in [0.5, 0.6) is 0 Å². The van der Waals surface area contributed by atoms with E-state index in [2.05, 4.69) is 104 Å². The lowest BCUT2D eigenvalue weighted by Crippen LogP contribution is -1.97. The van der Waals surface area contributed by atoms with Gasteiger partial charge >= 0.3 is 0 Å². The van der Waals surface area contributed by atoms with Crippen molar-refractivity contribution >= 4 is 22.6 Å². The van der Waals surface area contributed by atoms with Crippen molar-refractivity contribution in [3.63, 3.8) is 0 Å². The largest absolute Gasteiger partial charge is 0.192 e. The summed E-state index contributed by atoms with van der Waals surface area (Å²) in [5.74, 6) is 0.272. The second-order valence-corrected chi connectivity index (χ2v) is 9.78. The molecule has 0 fully saturated rings. The third-order valence-corrected chi connectivity index (χ3v) is 8.25. The summed E-state index contributed by atoms with van der Waals surface area (Å²) in [5, 5.41) is 18.5. The van der Waals surface area contributed by atoms with Crippen molar-refractivity contribution < 1.29 is 0 Å². The molecular formula is C31H25IN2. The van der Waals surface area contributed by atoms with Crippen molar-refractivity contribution in [3.8, 4) is 34.4 Å². The molecule has 0 aliphatic heterocycles. The fraction of sp³-hybridized carbons (Fsp3) is 0.161. The summed E-state index contributed by atoms with van der Waals surface area (Å²) in [6.45, 7) is 8.40. The smallest absolute Gasteiger partial charge is 0.100 e. The molecule has 0 saturated heterocycles. The molecule has 0 bridgehead atoms. The first-order valence-electron chi connectivity index (χ1n) is 11.3. The van der Waals surface area contributed by atoms with Gasteiger partial charge in [-0.05, 0) is 106 Å². The SMILES string of the molecule is Cc1c(C#N)ccc(-c2ccc(C(C)c3ccc(-c4ccc(C#N)c(I)c4C)cc3)cc2)c1C. The minimum atomic E-state index is 0.272. The molecule has 0 amide bonds. The highest BCUT2D eigenvalue weighted by Gasteiger charge is 2.13. The van der Waals surface area contributed by atoms with Crippen molar-refractivity contribution in [2.45, 2.75) is 33.6 Å². The van der Waals surface area contributed by atoms with Crippen LogP contribution in [0.3, 0.4) is 0 Å².